The number of rotatable bonds is 1. The fraction of sp³-hybridized carbons (Fsp3) is 0.125. The molecule has 0 saturated carbocycles. The number of hydrogen-bond acceptors (Lipinski definition) is 4. The molecule has 0 heterocycles. The third-order valence-corrected chi connectivity index (χ3v) is 3.23. The normalized spacial score (nSPS) is 12.8. The average Bonchev–Trinajstić information content (AvgIpc) is 2.17. The maximum absolute atomic E-state index is 11.5. The molecule has 0 spiro atoms. The van der Waals surface area contributed by atoms with Crippen molar-refractivity contribution in [3.05, 3.63) is 29.8 Å². The highest BCUT2D eigenvalue weighted by atomic mass is 32.2. The number of aryl methyl sites for hydroxylation is 1. The summed E-state index contributed by atoms with van der Waals surface area (Å²) in [7, 11) is -3.83. The number of nitrogens with zero attached hydrogens (tertiary/aromatic N) is 1. The molecule has 0 atom stereocenters. The summed E-state index contributed by atoms with van der Waals surface area (Å²) in [6, 6.07) is 6.08. The first-order valence-corrected chi connectivity index (χ1v) is 5.26. The molecule has 6 heteroatoms. The predicted molar refractivity (Wildman–Crippen MR) is 51.8 cm³/mol. The van der Waals surface area contributed by atoms with Crippen molar-refractivity contribution in [2.45, 2.75) is 11.8 Å². The molecule has 0 fully saturated rings. The Morgan fingerprint density at radius 3 is 2.29 bits per heavy atom. The van der Waals surface area contributed by atoms with E-state index < -0.39 is 15.0 Å². The second kappa shape index (κ2) is 3.67. The van der Waals surface area contributed by atoms with Gasteiger partial charge in [-0.15, -0.1) is 0 Å². The minimum absolute atomic E-state index is 0.0124. The first-order valence-electron chi connectivity index (χ1n) is 3.78. The van der Waals surface area contributed by atoms with E-state index in [1.54, 1.807) is 12.1 Å². The summed E-state index contributed by atoms with van der Waals surface area (Å²) in [6.07, 6.45) is 0. The maximum Gasteiger partial charge on any atom is 0.260 e. The molecule has 1 rings (SSSR count). The van der Waals surface area contributed by atoms with Gasteiger partial charge < -0.3 is 10.9 Å². The van der Waals surface area contributed by atoms with E-state index in [1.165, 1.54) is 12.1 Å². The first-order chi connectivity index (χ1) is 6.48. The van der Waals surface area contributed by atoms with Crippen LogP contribution in [0.4, 0.5) is 0 Å². The number of nitrogens with two attached hydrogens (primary N) is 1. The van der Waals surface area contributed by atoms with Gasteiger partial charge in [-0.25, -0.2) is 8.42 Å². The molecule has 5 nitrogen and oxygen atoms in total. The predicted octanol–water partition coefficient (Wildman–Crippen LogP) is 0.473. The minimum Gasteiger partial charge on any atom is -0.409 e. The van der Waals surface area contributed by atoms with Crippen molar-refractivity contribution in [3.63, 3.8) is 0 Å². The smallest absolute Gasteiger partial charge is 0.260 e. The van der Waals surface area contributed by atoms with E-state index in [9.17, 15) is 8.42 Å². The van der Waals surface area contributed by atoms with Crippen LogP contribution in [0.5, 0.6) is 0 Å². The summed E-state index contributed by atoms with van der Waals surface area (Å²) in [5.41, 5.74) is 5.97. The van der Waals surface area contributed by atoms with Gasteiger partial charge in [0.15, 0.2) is 0 Å². The Balaban J connectivity index is 3.25. The van der Waals surface area contributed by atoms with Crippen LogP contribution in [0.25, 0.3) is 0 Å². The fourth-order valence-electron chi connectivity index (χ4n) is 0.892. The van der Waals surface area contributed by atoms with Crippen LogP contribution in [0.3, 0.4) is 0 Å². The van der Waals surface area contributed by atoms with Gasteiger partial charge in [0.2, 0.25) is 9.84 Å². The van der Waals surface area contributed by atoms with Gasteiger partial charge in [-0.05, 0) is 19.1 Å². The van der Waals surface area contributed by atoms with Gasteiger partial charge in [-0.3, -0.25) is 0 Å². The molecule has 0 unspecified atom stereocenters. The van der Waals surface area contributed by atoms with Gasteiger partial charge in [-0.2, -0.15) is 0 Å². The second-order valence-electron chi connectivity index (χ2n) is 2.75. The Kier molecular flexibility index (Phi) is 2.76. The van der Waals surface area contributed by atoms with E-state index >= 15 is 0 Å². The molecule has 0 amide bonds. The van der Waals surface area contributed by atoms with Crippen LogP contribution in [-0.2, 0) is 9.84 Å². The molecule has 0 saturated heterocycles. The summed E-state index contributed by atoms with van der Waals surface area (Å²) < 4.78 is 22.9. The SMILES string of the molecule is Cc1ccc(S(=O)(=O)/C(N)=N/O)cc1. The van der Waals surface area contributed by atoms with Crippen LogP contribution in [0.1, 0.15) is 5.56 Å². The van der Waals surface area contributed by atoms with E-state index in [0.717, 1.165) is 5.56 Å². The summed E-state index contributed by atoms with van der Waals surface area (Å²) in [5, 5.41) is 9.93. The van der Waals surface area contributed by atoms with E-state index in [-0.39, 0.29) is 4.90 Å². The maximum atomic E-state index is 11.5. The van der Waals surface area contributed by atoms with Gasteiger partial charge in [-0.1, -0.05) is 22.9 Å². The van der Waals surface area contributed by atoms with Crippen LogP contribution in [-0.4, -0.2) is 18.8 Å². The van der Waals surface area contributed by atoms with Gasteiger partial charge in [0.05, 0.1) is 4.90 Å². The molecule has 0 radical (unpaired) electrons. The molecule has 76 valence electrons. The van der Waals surface area contributed by atoms with Gasteiger partial charge in [0, 0.05) is 0 Å². The highest BCUT2D eigenvalue weighted by Gasteiger charge is 2.19. The zero-order valence-electron chi connectivity index (χ0n) is 7.51. The van der Waals surface area contributed by atoms with Crippen LogP contribution in [0.2, 0.25) is 0 Å². The number of amidine groups is 1. The fourth-order valence-corrected chi connectivity index (χ4v) is 1.74. The van der Waals surface area contributed by atoms with Crippen LogP contribution >= 0.6 is 0 Å². The molecular weight excluding hydrogens is 204 g/mol. The zero-order chi connectivity index (χ0) is 10.8. The highest BCUT2D eigenvalue weighted by molar-refractivity contribution is 8.06. The van der Waals surface area contributed by atoms with Crippen LogP contribution in [0.15, 0.2) is 34.3 Å². The zero-order valence-corrected chi connectivity index (χ0v) is 8.32. The number of oxime groups is 1. The van der Waals surface area contributed by atoms with Crippen LogP contribution in [0, 0.1) is 6.92 Å². The average molecular weight is 214 g/mol. The van der Waals surface area contributed by atoms with Crippen molar-refractivity contribution in [2.75, 3.05) is 0 Å². The molecule has 1 aromatic carbocycles. The van der Waals surface area contributed by atoms with Gasteiger partial charge in [0.1, 0.15) is 0 Å². The lowest BCUT2D eigenvalue weighted by atomic mass is 10.2. The molecule has 0 aliphatic heterocycles. The largest absolute Gasteiger partial charge is 0.409 e. The highest BCUT2D eigenvalue weighted by Crippen LogP contribution is 2.11. The third kappa shape index (κ3) is 1.85. The summed E-state index contributed by atoms with van der Waals surface area (Å²) in [4.78, 5) is 0.0124. The first kappa shape index (κ1) is 10.5. The summed E-state index contributed by atoms with van der Waals surface area (Å²) in [5.74, 6) is 0. The van der Waals surface area contributed by atoms with E-state index in [0.29, 0.717) is 0 Å². The Morgan fingerprint density at radius 2 is 1.86 bits per heavy atom. The molecule has 0 bridgehead atoms. The lowest BCUT2D eigenvalue weighted by molar-refractivity contribution is 0.319. The van der Waals surface area contributed by atoms with Gasteiger partial charge in [0.25, 0.3) is 5.17 Å². The molecule has 14 heavy (non-hydrogen) atoms. The van der Waals surface area contributed by atoms with Crippen molar-refractivity contribution in [3.8, 4) is 0 Å². The number of hydrogen-bond donors (Lipinski definition) is 2. The Labute approximate surface area is 81.8 Å². The summed E-state index contributed by atoms with van der Waals surface area (Å²) in [6.45, 7) is 1.83. The van der Waals surface area contributed by atoms with Gasteiger partial charge >= 0.3 is 0 Å². The molecular formula is C8H10N2O3S. The Morgan fingerprint density at radius 1 is 1.36 bits per heavy atom. The van der Waals surface area contributed by atoms with E-state index in [1.807, 2.05) is 6.92 Å². The van der Waals surface area contributed by atoms with E-state index in [2.05, 4.69) is 5.16 Å². The van der Waals surface area contributed by atoms with Crippen molar-refractivity contribution >= 4 is 15.0 Å². The van der Waals surface area contributed by atoms with Crippen LogP contribution < -0.4 is 5.73 Å². The van der Waals surface area contributed by atoms with Crippen molar-refractivity contribution in [1.29, 1.82) is 0 Å². The molecule has 3 N–H and O–H groups in total. The van der Waals surface area contributed by atoms with Crippen molar-refractivity contribution < 1.29 is 13.6 Å². The van der Waals surface area contributed by atoms with Crippen molar-refractivity contribution in [1.82, 2.24) is 0 Å². The standard InChI is InChI=1S/C8H10N2O3S/c1-6-2-4-7(5-3-6)14(12,13)8(9)10-11/h2-5,11H,1H3,(H2,9,10). The lowest BCUT2D eigenvalue weighted by Crippen LogP contribution is -2.24. The lowest BCUT2D eigenvalue weighted by Gasteiger charge is -2.01. The third-order valence-electron chi connectivity index (χ3n) is 1.71. The molecule has 0 aliphatic rings. The Bertz CT molecular complexity index is 448. The molecule has 0 aromatic heterocycles. The van der Waals surface area contributed by atoms with Crippen molar-refractivity contribution in [2.24, 2.45) is 10.9 Å². The number of benzene rings is 1. The summed E-state index contributed by atoms with van der Waals surface area (Å²) >= 11 is 0. The topological polar surface area (TPSA) is 92.8 Å². The van der Waals surface area contributed by atoms with E-state index in [4.69, 9.17) is 10.9 Å². The minimum atomic E-state index is -3.83. The second-order valence-corrected chi connectivity index (χ2v) is 4.65. The molecule has 0 aliphatic carbocycles. The Hall–Kier alpha value is -1.56. The molecule has 1 aromatic rings. The quantitative estimate of drug-likeness (QED) is 0.307. The number of sulfone groups is 1. The monoisotopic (exact) mass is 214 g/mol.